The van der Waals surface area contributed by atoms with Gasteiger partial charge >= 0.3 is 0 Å². The zero-order valence-electron chi connectivity index (χ0n) is 9.55. The Balaban J connectivity index is 2.17. The molecule has 0 saturated carbocycles. The first-order valence-electron chi connectivity index (χ1n) is 5.48. The number of halogens is 1. The summed E-state index contributed by atoms with van der Waals surface area (Å²) >= 11 is 6.01. The Morgan fingerprint density at radius 3 is 2.94 bits per heavy atom. The second-order valence-electron chi connectivity index (χ2n) is 3.79. The maximum absolute atomic E-state index is 10.2. The molecule has 0 amide bonds. The van der Waals surface area contributed by atoms with E-state index in [1.54, 1.807) is 24.9 Å². The molecule has 0 aliphatic heterocycles. The lowest BCUT2D eigenvalue weighted by molar-refractivity contribution is 0.169. The van der Waals surface area contributed by atoms with Gasteiger partial charge in [-0.25, -0.2) is 4.98 Å². The average Bonchev–Trinajstić information content (AvgIpc) is 2.80. The Bertz CT molecular complexity index is 498. The van der Waals surface area contributed by atoms with Crippen molar-refractivity contribution < 1.29 is 5.11 Å². The maximum Gasteiger partial charge on any atom is 0.0996 e. The number of rotatable bonds is 4. The summed E-state index contributed by atoms with van der Waals surface area (Å²) in [5.74, 6) is 0. The Labute approximate surface area is 105 Å². The summed E-state index contributed by atoms with van der Waals surface area (Å²) in [5, 5.41) is 10.7. The molecule has 17 heavy (non-hydrogen) atoms. The fourth-order valence-electron chi connectivity index (χ4n) is 1.76. The van der Waals surface area contributed by atoms with Crippen LogP contribution >= 0.6 is 11.6 Å². The van der Waals surface area contributed by atoms with Gasteiger partial charge < -0.3 is 9.67 Å². The van der Waals surface area contributed by atoms with Crippen molar-refractivity contribution in [2.45, 2.75) is 26.0 Å². The van der Waals surface area contributed by atoms with Crippen LogP contribution in [-0.2, 0) is 13.0 Å². The van der Waals surface area contributed by atoms with E-state index < -0.39 is 6.10 Å². The fraction of sp³-hybridized carbons (Fsp3) is 0.333. The topological polar surface area (TPSA) is 50.9 Å². The van der Waals surface area contributed by atoms with E-state index in [0.29, 0.717) is 11.4 Å². The van der Waals surface area contributed by atoms with E-state index in [1.807, 2.05) is 17.6 Å². The first-order chi connectivity index (χ1) is 8.22. The van der Waals surface area contributed by atoms with Gasteiger partial charge in [-0.05, 0) is 18.6 Å². The number of aliphatic hydroxyl groups is 1. The standard InChI is InChI=1S/C12H14ClN3O/c1-2-16-8-15-7-11(16)12(17)5-9-3-4-14-6-10(9)13/h3-4,6-8,12,17H,2,5H2,1H3. The number of imidazole rings is 1. The molecule has 0 fully saturated rings. The zero-order valence-corrected chi connectivity index (χ0v) is 10.3. The molecular weight excluding hydrogens is 238 g/mol. The van der Waals surface area contributed by atoms with E-state index in [4.69, 9.17) is 11.6 Å². The summed E-state index contributed by atoms with van der Waals surface area (Å²) in [5.41, 5.74) is 1.69. The highest BCUT2D eigenvalue weighted by molar-refractivity contribution is 6.31. The van der Waals surface area contributed by atoms with Crippen molar-refractivity contribution in [3.05, 3.63) is 47.3 Å². The highest BCUT2D eigenvalue weighted by Crippen LogP contribution is 2.22. The number of aromatic nitrogens is 3. The Morgan fingerprint density at radius 2 is 2.24 bits per heavy atom. The van der Waals surface area contributed by atoms with Gasteiger partial charge in [0.25, 0.3) is 0 Å². The second kappa shape index (κ2) is 5.29. The molecule has 1 N–H and O–H groups in total. The SMILES string of the molecule is CCn1cncc1C(O)Cc1ccncc1Cl. The summed E-state index contributed by atoms with van der Waals surface area (Å²) in [4.78, 5) is 7.95. The first kappa shape index (κ1) is 12.1. The predicted octanol–water partition coefficient (Wildman–Crippen LogP) is 2.23. The minimum atomic E-state index is -0.600. The monoisotopic (exact) mass is 251 g/mol. The van der Waals surface area contributed by atoms with Gasteiger partial charge in [0.1, 0.15) is 0 Å². The Hall–Kier alpha value is -1.39. The van der Waals surface area contributed by atoms with Gasteiger partial charge in [-0.15, -0.1) is 0 Å². The van der Waals surface area contributed by atoms with E-state index in [0.717, 1.165) is 17.8 Å². The molecule has 0 aromatic carbocycles. The van der Waals surface area contributed by atoms with Crippen LogP contribution in [0.25, 0.3) is 0 Å². The third kappa shape index (κ3) is 2.65. The van der Waals surface area contributed by atoms with Crippen LogP contribution < -0.4 is 0 Å². The fourth-order valence-corrected chi connectivity index (χ4v) is 1.95. The third-order valence-corrected chi connectivity index (χ3v) is 3.04. The van der Waals surface area contributed by atoms with E-state index >= 15 is 0 Å². The molecule has 0 saturated heterocycles. The Kier molecular flexibility index (Phi) is 3.76. The largest absolute Gasteiger partial charge is 0.386 e. The molecule has 0 spiro atoms. The van der Waals surface area contributed by atoms with Crippen LogP contribution in [0.2, 0.25) is 5.02 Å². The smallest absolute Gasteiger partial charge is 0.0996 e. The molecule has 2 rings (SSSR count). The lowest BCUT2D eigenvalue weighted by Gasteiger charge is -2.13. The normalized spacial score (nSPS) is 12.6. The van der Waals surface area contributed by atoms with Gasteiger partial charge in [0.15, 0.2) is 0 Å². The first-order valence-corrected chi connectivity index (χ1v) is 5.86. The predicted molar refractivity (Wildman–Crippen MR) is 65.8 cm³/mol. The van der Waals surface area contributed by atoms with Gasteiger partial charge in [0.05, 0.1) is 29.3 Å². The number of aryl methyl sites for hydroxylation is 1. The molecule has 0 aliphatic carbocycles. The summed E-state index contributed by atoms with van der Waals surface area (Å²) < 4.78 is 1.92. The summed E-state index contributed by atoms with van der Waals surface area (Å²) in [6.07, 6.45) is 6.52. The van der Waals surface area contributed by atoms with Crippen LogP contribution in [0.4, 0.5) is 0 Å². The van der Waals surface area contributed by atoms with Crippen LogP contribution in [0.1, 0.15) is 24.3 Å². The van der Waals surface area contributed by atoms with Gasteiger partial charge in [-0.3, -0.25) is 4.98 Å². The molecule has 2 aromatic heterocycles. The molecule has 5 heteroatoms. The van der Waals surface area contributed by atoms with Gasteiger partial charge in [0.2, 0.25) is 0 Å². The van der Waals surface area contributed by atoms with Crippen molar-refractivity contribution >= 4 is 11.6 Å². The summed E-state index contributed by atoms with van der Waals surface area (Å²) in [6.45, 7) is 2.80. The van der Waals surface area contributed by atoms with Crippen molar-refractivity contribution in [3.63, 3.8) is 0 Å². The van der Waals surface area contributed by atoms with Crippen LogP contribution in [-0.4, -0.2) is 19.6 Å². The summed E-state index contributed by atoms with van der Waals surface area (Å²) in [6, 6.07) is 1.82. The van der Waals surface area contributed by atoms with Crippen molar-refractivity contribution in [2.75, 3.05) is 0 Å². The van der Waals surface area contributed by atoms with Gasteiger partial charge in [-0.1, -0.05) is 11.6 Å². The molecule has 2 aromatic rings. The lowest BCUT2D eigenvalue weighted by Crippen LogP contribution is -2.08. The molecule has 0 radical (unpaired) electrons. The van der Waals surface area contributed by atoms with Crippen molar-refractivity contribution in [1.29, 1.82) is 0 Å². The van der Waals surface area contributed by atoms with Crippen molar-refractivity contribution in [3.8, 4) is 0 Å². The quantitative estimate of drug-likeness (QED) is 0.907. The van der Waals surface area contributed by atoms with Crippen LogP contribution in [0.15, 0.2) is 31.0 Å². The van der Waals surface area contributed by atoms with Crippen LogP contribution in [0.5, 0.6) is 0 Å². The third-order valence-electron chi connectivity index (χ3n) is 2.70. The van der Waals surface area contributed by atoms with E-state index in [-0.39, 0.29) is 0 Å². The molecule has 0 aliphatic rings. The number of hydrogen-bond acceptors (Lipinski definition) is 3. The van der Waals surface area contributed by atoms with Gasteiger partial charge in [0, 0.05) is 25.4 Å². The minimum Gasteiger partial charge on any atom is -0.386 e. The van der Waals surface area contributed by atoms with E-state index in [9.17, 15) is 5.11 Å². The lowest BCUT2D eigenvalue weighted by atomic mass is 10.1. The Morgan fingerprint density at radius 1 is 1.41 bits per heavy atom. The molecule has 1 atom stereocenters. The van der Waals surface area contributed by atoms with Crippen LogP contribution in [0.3, 0.4) is 0 Å². The molecular formula is C12H14ClN3O. The minimum absolute atomic E-state index is 0.465. The number of aliphatic hydroxyl groups excluding tert-OH is 1. The van der Waals surface area contributed by atoms with Crippen molar-refractivity contribution in [1.82, 2.24) is 14.5 Å². The van der Waals surface area contributed by atoms with Gasteiger partial charge in [-0.2, -0.15) is 0 Å². The summed E-state index contributed by atoms with van der Waals surface area (Å²) in [7, 11) is 0. The molecule has 1 unspecified atom stereocenters. The number of pyridine rings is 1. The van der Waals surface area contributed by atoms with Crippen molar-refractivity contribution in [2.24, 2.45) is 0 Å². The average molecular weight is 252 g/mol. The number of nitrogens with zero attached hydrogens (tertiary/aromatic N) is 3. The molecule has 2 heterocycles. The maximum atomic E-state index is 10.2. The number of hydrogen-bond donors (Lipinski definition) is 1. The second-order valence-corrected chi connectivity index (χ2v) is 4.20. The molecule has 0 bridgehead atoms. The highest BCUT2D eigenvalue weighted by Gasteiger charge is 2.14. The highest BCUT2D eigenvalue weighted by atomic mass is 35.5. The van der Waals surface area contributed by atoms with E-state index in [1.165, 1.54) is 0 Å². The zero-order chi connectivity index (χ0) is 12.3. The molecule has 90 valence electrons. The van der Waals surface area contributed by atoms with E-state index in [2.05, 4.69) is 9.97 Å². The molecule has 4 nitrogen and oxygen atoms in total. The van der Waals surface area contributed by atoms with Crippen LogP contribution in [0, 0.1) is 0 Å².